The third-order valence-electron chi connectivity index (χ3n) is 5.00. The molecule has 0 unspecified atom stereocenters. The average molecular weight is 336 g/mol. The Hall–Kier alpha value is -2.29. The van der Waals surface area contributed by atoms with Crippen LogP contribution in [0.25, 0.3) is 0 Å². The maximum atomic E-state index is 12.5. The van der Waals surface area contributed by atoms with Crippen LogP contribution in [0.4, 0.5) is 5.69 Å². The minimum Gasteiger partial charge on any atom is -0.368 e. The molecule has 0 bridgehead atoms. The first-order valence-electron chi connectivity index (χ1n) is 9.30. The first kappa shape index (κ1) is 17.5. The van der Waals surface area contributed by atoms with Gasteiger partial charge in [0.1, 0.15) is 0 Å². The van der Waals surface area contributed by atoms with Crippen molar-refractivity contribution in [2.45, 2.75) is 32.6 Å². The van der Waals surface area contributed by atoms with Crippen molar-refractivity contribution in [2.24, 2.45) is 0 Å². The van der Waals surface area contributed by atoms with Gasteiger partial charge in [0.2, 0.25) is 5.91 Å². The minimum atomic E-state index is 0.278. The van der Waals surface area contributed by atoms with Gasteiger partial charge in [0.25, 0.3) is 0 Å². The molecule has 3 heteroatoms. The third-order valence-corrected chi connectivity index (χ3v) is 5.00. The van der Waals surface area contributed by atoms with Crippen LogP contribution in [0.3, 0.4) is 0 Å². The normalized spacial score (nSPS) is 14.8. The molecular formula is C22H28N2O. The van der Waals surface area contributed by atoms with E-state index in [0.717, 1.165) is 32.6 Å². The maximum Gasteiger partial charge on any atom is 0.223 e. The van der Waals surface area contributed by atoms with E-state index < -0.39 is 0 Å². The molecular weight excluding hydrogens is 308 g/mol. The fourth-order valence-corrected chi connectivity index (χ4v) is 3.51. The molecule has 0 atom stereocenters. The molecule has 0 saturated carbocycles. The molecule has 1 aliphatic heterocycles. The highest BCUT2D eigenvalue weighted by atomic mass is 16.2. The van der Waals surface area contributed by atoms with Crippen molar-refractivity contribution >= 4 is 11.6 Å². The van der Waals surface area contributed by atoms with E-state index in [-0.39, 0.29) is 5.91 Å². The molecule has 0 aliphatic carbocycles. The number of rotatable bonds is 5. The second-order valence-electron chi connectivity index (χ2n) is 7.07. The number of hydrogen-bond acceptors (Lipinski definition) is 2. The number of carbonyl (C=O) groups is 1. The van der Waals surface area contributed by atoms with Crippen molar-refractivity contribution in [3.63, 3.8) is 0 Å². The number of nitrogens with zero attached hydrogens (tertiary/aromatic N) is 2. The van der Waals surface area contributed by atoms with E-state index in [1.807, 2.05) is 23.1 Å². The van der Waals surface area contributed by atoms with Crippen molar-refractivity contribution in [1.82, 2.24) is 4.90 Å². The Labute approximate surface area is 151 Å². The molecule has 3 rings (SSSR count). The zero-order chi connectivity index (χ0) is 17.6. The topological polar surface area (TPSA) is 23.6 Å². The third kappa shape index (κ3) is 4.41. The van der Waals surface area contributed by atoms with Crippen molar-refractivity contribution < 1.29 is 4.79 Å². The number of piperazine rings is 1. The molecule has 0 aromatic heterocycles. The van der Waals surface area contributed by atoms with Crippen LogP contribution in [-0.2, 0) is 11.2 Å². The van der Waals surface area contributed by atoms with Crippen LogP contribution in [0.15, 0.2) is 54.6 Å². The Morgan fingerprint density at radius 1 is 0.920 bits per heavy atom. The highest BCUT2D eigenvalue weighted by Gasteiger charge is 2.22. The molecule has 1 heterocycles. The van der Waals surface area contributed by atoms with Crippen LogP contribution in [0.5, 0.6) is 0 Å². The summed E-state index contributed by atoms with van der Waals surface area (Å²) in [4.78, 5) is 16.9. The Morgan fingerprint density at radius 3 is 2.24 bits per heavy atom. The van der Waals surface area contributed by atoms with Gasteiger partial charge in [0, 0.05) is 38.3 Å². The zero-order valence-corrected chi connectivity index (χ0v) is 15.3. The molecule has 2 aromatic rings. The molecule has 3 nitrogen and oxygen atoms in total. The van der Waals surface area contributed by atoms with Gasteiger partial charge in [-0.3, -0.25) is 4.79 Å². The molecule has 1 aliphatic rings. The Balaban J connectivity index is 1.54. The van der Waals surface area contributed by atoms with Gasteiger partial charge in [-0.2, -0.15) is 0 Å². The summed E-state index contributed by atoms with van der Waals surface area (Å²) in [7, 11) is 0. The number of carbonyl (C=O) groups excluding carboxylic acids is 1. The standard InChI is InChI=1S/C22H28N2O/c1-18(2)20-10-6-7-11-21(20)23-14-16-24(17-15-23)22(25)13-12-19-8-4-3-5-9-19/h3-11,18H,12-17H2,1-2H3. The summed E-state index contributed by atoms with van der Waals surface area (Å²) in [6.07, 6.45) is 1.43. The predicted octanol–water partition coefficient (Wildman–Crippen LogP) is 4.09. The fourth-order valence-electron chi connectivity index (χ4n) is 3.51. The first-order chi connectivity index (χ1) is 12.1. The smallest absolute Gasteiger partial charge is 0.223 e. The van der Waals surface area contributed by atoms with Gasteiger partial charge >= 0.3 is 0 Å². The van der Waals surface area contributed by atoms with E-state index in [1.165, 1.54) is 16.8 Å². The maximum absolute atomic E-state index is 12.5. The SMILES string of the molecule is CC(C)c1ccccc1N1CCN(C(=O)CCc2ccccc2)CC1. The monoisotopic (exact) mass is 336 g/mol. The summed E-state index contributed by atoms with van der Waals surface area (Å²) in [5, 5.41) is 0. The highest BCUT2D eigenvalue weighted by Crippen LogP contribution is 2.28. The van der Waals surface area contributed by atoms with Crippen LogP contribution in [0.1, 0.15) is 37.3 Å². The Morgan fingerprint density at radius 2 is 1.56 bits per heavy atom. The lowest BCUT2D eigenvalue weighted by molar-refractivity contribution is -0.131. The highest BCUT2D eigenvalue weighted by molar-refractivity contribution is 5.77. The van der Waals surface area contributed by atoms with Crippen molar-refractivity contribution in [3.05, 3.63) is 65.7 Å². The van der Waals surface area contributed by atoms with E-state index in [9.17, 15) is 4.79 Å². The van der Waals surface area contributed by atoms with E-state index in [4.69, 9.17) is 0 Å². The van der Waals surface area contributed by atoms with Crippen molar-refractivity contribution in [3.8, 4) is 0 Å². The lowest BCUT2D eigenvalue weighted by Gasteiger charge is -2.37. The molecule has 1 amide bonds. The fraction of sp³-hybridized carbons (Fsp3) is 0.409. The van der Waals surface area contributed by atoms with Crippen molar-refractivity contribution in [2.75, 3.05) is 31.1 Å². The summed E-state index contributed by atoms with van der Waals surface area (Å²) in [5.74, 6) is 0.794. The van der Waals surface area contributed by atoms with Gasteiger partial charge in [-0.15, -0.1) is 0 Å². The zero-order valence-electron chi connectivity index (χ0n) is 15.3. The van der Waals surface area contributed by atoms with Gasteiger partial charge in [-0.1, -0.05) is 62.4 Å². The predicted molar refractivity (Wildman–Crippen MR) is 104 cm³/mol. The van der Waals surface area contributed by atoms with Crippen LogP contribution in [0, 0.1) is 0 Å². The number of anilines is 1. The van der Waals surface area contributed by atoms with Gasteiger partial charge in [-0.05, 0) is 29.5 Å². The Kier molecular flexibility index (Phi) is 5.75. The molecule has 0 radical (unpaired) electrons. The lowest BCUT2D eigenvalue weighted by atomic mass is 10.00. The number of amides is 1. The Bertz CT molecular complexity index is 688. The van der Waals surface area contributed by atoms with Crippen LogP contribution in [-0.4, -0.2) is 37.0 Å². The molecule has 25 heavy (non-hydrogen) atoms. The number of para-hydroxylation sites is 1. The number of benzene rings is 2. The summed E-state index contributed by atoms with van der Waals surface area (Å²) in [5.41, 5.74) is 3.96. The number of hydrogen-bond donors (Lipinski definition) is 0. The molecule has 0 N–H and O–H groups in total. The van der Waals surface area contributed by atoms with Gasteiger partial charge in [-0.25, -0.2) is 0 Å². The van der Waals surface area contributed by atoms with E-state index >= 15 is 0 Å². The largest absolute Gasteiger partial charge is 0.368 e. The second kappa shape index (κ2) is 8.19. The molecule has 2 aromatic carbocycles. The summed E-state index contributed by atoms with van der Waals surface area (Å²) in [6, 6.07) is 18.9. The van der Waals surface area contributed by atoms with Crippen molar-refractivity contribution in [1.29, 1.82) is 0 Å². The van der Waals surface area contributed by atoms with Gasteiger partial charge in [0.05, 0.1) is 0 Å². The van der Waals surface area contributed by atoms with E-state index in [1.54, 1.807) is 0 Å². The quantitative estimate of drug-likeness (QED) is 0.821. The molecule has 1 fully saturated rings. The minimum absolute atomic E-state index is 0.278. The van der Waals surface area contributed by atoms with Gasteiger partial charge < -0.3 is 9.80 Å². The lowest BCUT2D eigenvalue weighted by Crippen LogP contribution is -2.49. The molecule has 0 spiro atoms. The van der Waals surface area contributed by atoms with E-state index in [2.05, 4.69) is 55.1 Å². The summed E-state index contributed by atoms with van der Waals surface area (Å²) < 4.78 is 0. The molecule has 1 saturated heterocycles. The summed E-state index contributed by atoms with van der Waals surface area (Å²) >= 11 is 0. The number of aryl methyl sites for hydroxylation is 1. The molecule has 132 valence electrons. The van der Waals surface area contributed by atoms with Gasteiger partial charge in [0.15, 0.2) is 0 Å². The van der Waals surface area contributed by atoms with Crippen LogP contribution >= 0.6 is 0 Å². The van der Waals surface area contributed by atoms with Crippen LogP contribution < -0.4 is 4.90 Å². The summed E-state index contributed by atoms with van der Waals surface area (Å²) in [6.45, 7) is 7.95. The average Bonchev–Trinajstić information content (AvgIpc) is 2.67. The van der Waals surface area contributed by atoms with Crippen LogP contribution in [0.2, 0.25) is 0 Å². The first-order valence-corrected chi connectivity index (χ1v) is 9.30. The van der Waals surface area contributed by atoms with E-state index in [0.29, 0.717) is 12.3 Å². The second-order valence-corrected chi connectivity index (χ2v) is 7.07.